The summed E-state index contributed by atoms with van der Waals surface area (Å²) in [6.45, 7) is 5.59. The summed E-state index contributed by atoms with van der Waals surface area (Å²) in [6, 6.07) is 14.4. The van der Waals surface area contributed by atoms with Gasteiger partial charge in [0.2, 0.25) is 5.91 Å². The van der Waals surface area contributed by atoms with Gasteiger partial charge in [-0.1, -0.05) is 29.8 Å². The molecular formula is C21H26N2O2S. The molecule has 1 amide bonds. The van der Waals surface area contributed by atoms with E-state index >= 15 is 0 Å². The molecule has 2 aromatic rings. The summed E-state index contributed by atoms with van der Waals surface area (Å²) < 4.78 is 5.88. The van der Waals surface area contributed by atoms with Crippen LogP contribution >= 0.6 is 11.8 Å². The minimum Gasteiger partial charge on any atom is -0.489 e. The lowest BCUT2D eigenvalue weighted by atomic mass is 10.1. The van der Waals surface area contributed by atoms with Gasteiger partial charge in [0.05, 0.1) is 0 Å². The summed E-state index contributed by atoms with van der Waals surface area (Å²) in [5.41, 5.74) is 4.23. The number of hydrogen-bond donors (Lipinski definition) is 2. The Kier molecular flexibility index (Phi) is 6.58. The Hall–Kier alpha value is -1.98. The lowest BCUT2D eigenvalue weighted by Crippen LogP contribution is -2.39. The SMILES string of the molecule is Cc1cccc(COc2ccc(NC(=O)CC3CSCCN3)c(C)c2)c1. The van der Waals surface area contributed by atoms with Crippen LogP contribution in [-0.2, 0) is 11.4 Å². The van der Waals surface area contributed by atoms with Gasteiger partial charge in [-0.15, -0.1) is 0 Å². The highest BCUT2D eigenvalue weighted by molar-refractivity contribution is 7.99. The van der Waals surface area contributed by atoms with Gasteiger partial charge in [-0.3, -0.25) is 4.79 Å². The summed E-state index contributed by atoms with van der Waals surface area (Å²) in [4.78, 5) is 12.3. The largest absolute Gasteiger partial charge is 0.489 e. The number of amides is 1. The Balaban J connectivity index is 1.54. The summed E-state index contributed by atoms with van der Waals surface area (Å²) in [5.74, 6) is 2.99. The molecule has 2 N–H and O–H groups in total. The summed E-state index contributed by atoms with van der Waals surface area (Å²) in [7, 11) is 0. The van der Waals surface area contributed by atoms with Crippen LogP contribution in [0.25, 0.3) is 0 Å². The van der Waals surface area contributed by atoms with Gasteiger partial charge in [0.15, 0.2) is 0 Å². The first kappa shape index (κ1) is 18.8. The average Bonchev–Trinajstić information content (AvgIpc) is 2.63. The smallest absolute Gasteiger partial charge is 0.225 e. The van der Waals surface area contributed by atoms with Gasteiger partial charge in [0.1, 0.15) is 12.4 Å². The van der Waals surface area contributed by atoms with E-state index in [1.807, 2.05) is 43.0 Å². The third-order valence-corrected chi connectivity index (χ3v) is 5.52. The van der Waals surface area contributed by atoms with Crippen LogP contribution in [0.2, 0.25) is 0 Å². The van der Waals surface area contributed by atoms with E-state index in [-0.39, 0.29) is 11.9 Å². The van der Waals surface area contributed by atoms with Crippen LogP contribution in [0.5, 0.6) is 5.75 Å². The Morgan fingerprint density at radius 2 is 2.15 bits per heavy atom. The van der Waals surface area contributed by atoms with Crippen molar-refractivity contribution >= 4 is 23.4 Å². The Morgan fingerprint density at radius 1 is 1.27 bits per heavy atom. The van der Waals surface area contributed by atoms with Crippen molar-refractivity contribution in [1.29, 1.82) is 0 Å². The number of benzene rings is 2. The Morgan fingerprint density at radius 3 is 2.88 bits per heavy atom. The fraction of sp³-hybridized carbons (Fsp3) is 0.381. The van der Waals surface area contributed by atoms with Crippen molar-refractivity contribution in [3.05, 3.63) is 59.2 Å². The van der Waals surface area contributed by atoms with Crippen molar-refractivity contribution < 1.29 is 9.53 Å². The van der Waals surface area contributed by atoms with Crippen molar-refractivity contribution in [2.45, 2.75) is 32.9 Å². The highest BCUT2D eigenvalue weighted by Gasteiger charge is 2.17. The fourth-order valence-corrected chi connectivity index (χ4v) is 3.96. The van der Waals surface area contributed by atoms with E-state index in [2.05, 4.69) is 35.8 Å². The first-order valence-electron chi connectivity index (χ1n) is 9.00. The van der Waals surface area contributed by atoms with E-state index in [0.29, 0.717) is 13.0 Å². The molecule has 138 valence electrons. The molecule has 5 heteroatoms. The molecule has 0 aliphatic carbocycles. The second-order valence-electron chi connectivity index (χ2n) is 6.73. The Bertz CT molecular complexity index is 757. The second-order valence-corrected chi connectivity index (χ2v) is 7.88. The maximum absolute atomic E-state index is 12.3. The highest BCUT2D eigenvalue weighted by atomic mass is 32.2. The number of rotatable bonds is 6. The lowest BCUT2D eigenvalue weighted by Gasteiger charge is -2.22. The van der Waals surface area contributed by atoms with Crippen LogP contribution in [0, 0.1) is 13.8 Å². The molecule has 1 atom stereocenters. The number of thioether (sulfide) groups is 1. The molecule has 0 saturated carbocycles. The molecule has 1 heterocycles. The van der Waals surface area contributed by atoms with Crippen LogP contribution < -0.4 is 15.4 Å². The van der Waals surface area contributed by atoms with Gasteiger partial charge in [-0.05, 0) is 43.2 Å². The minimum atomic E-state index is 0.0570. The van der Waals surface area contributed by atoms with E-state index in [0.717, 1.165) is 40.6 Å². The zero-order valence-electron chi connectivity index (χ0n) is 15.4. The van der Waals surface area contributed by atoms with Gasteiger partial charge in [-0.2, -0.15) is 11.8 Å². The highest BCUT2D eigenvalue weighted by Crippen LogP contribution is 2.23. The molecule has 0 radical (unpaired) electrons. The lowest BCUT2D eigenvalue weighted by molar-refractivity contribution is -0.116. The predicted molar refractivity (Wildman–Crippen MR) is 109 cm³/mol. The fourth-order valence-electron chi connectivity index (χ4n) is 3.01. The normalized spacial score (nSPS) is 16.9. The third kappa shape index (κ3) is 5.51. The molecular weight excluding hydrogens is 344 g/mol. The molecule has 2 aromatic carbocycles. The number of hydrogen-bond acceptors (Lipinski definition) is 4. The van der Waals surface area contributed by atoms with Crippen molar-refractivity contribution in [1.82, 2.24) is 5.32 Å². The number of carbonyl (C=O) groups is 1. The van der Waals surface area contributed by atoms with Crippen molar-refractivity contribution in [3.63, 3.8) is 0 Å². The van der Waals surface area contributed by atoms with Gasteiger partial charge < -0.3 is 15.4 Å². The molecule has 1 aliphatic rings. The van der Waals surface area contributed by atoms with E-state index < -0.39 is 0 Å². The molecule has 3 rings (SSSR count). The number of nitrogens with one attached hydrogen (secondary N) is 2. The van der Waals surface area contributed by atoms with Crippen LogP contribution in [0.15, 0.2) is 42.5 Å². The molecule has 4 nitrogen and oxygen atoms in total. The number of carbonyl (C=O) groups excluding carboxylic acids is 1. The molecule has 0 aromatic heterocycles. The predicted octanol–water partition coefficient (Wildman–Crippen LogP) is 3.92. The zero-order valence-corrected chi connectivity index (χ0v) is 16.2. The van der Waals surface area contributed by atoms with Gasteiger partial charge >= 0.3 is 0 Å². The molecule has 1 unspecified atom stereocenters. The van der Waals surface area contributed by atoms with Crippen LogP contribution in [0.3, 0.4) is 0 Å². The molecule has 1 aliphatic heterocycles. The third-order valence-electron chi connectivity index (χ3n) is 4.39. The molecule has 1 fully saturated rings. The van der Waals surface area contributed by atoms with Gasteiger partial charge in [0, 0.05) is 36.2 Å². The Labute approximate surface area is 159 Å². The first-order valence-corrected chi connectivity index (χ1v) is 10.2. The number of anilines is 1. The average molecular weight is 371 g/mol. The van der Waals surface area contributed by atoms with E-state index in [9.17, 15) is 4.79 Å². The van der Waals surface area contributed by atoms with Gasteiger partial charge in [0.25, 0.3) is 0 Å². The minimum absolute atomic E-state index is 0.0570. The molecule has 1 saturated heterocycles. The van der Waals surface area contributed by atoms with E-state index in [1.165, 1.54) is 5.56 Å². The standard InChI is InChI=1S/C21H26N2O2S/c1-15-4-3-5-17(10-15)13-25-19-6-7-20(16(2)11-19)23-21(24)12-18-14-26-9-8-22-18/h3-7,10-11,18,22H,8-9,12-14H2,1-2H3,(H,23,24). The van der Waals surface area contributed by atoms with Crippen molar-refractivity contribution in [2.24, 2.45) is 0 Å². The number of aryl methyl sites for hydroxylation is 2. The van der Waals surface area contributed by atoms with Gasteiger partial charge in [-0.25, -0.2) is 0 Å². The number of ether oxygens (including phenoxy) is 1. The summed E-state index contributed by atoms with van der Waals surface area (Å²) in [6.07, 6.45) is 0.512. The van der Waals surface area contributed by atoms with Crippen LogP contribution in [0.1, 0.15) is 23.1 Å². The van der Waals surface area contributed by atoms with E-state index in [4.69, 9.17) is 4.74 Å². The topological polar surface area (TPSA) is 50.4 Å². The van der Waals surface area contributed by atoms with E-state index in [1.54, 1.807) is 0 Å². The van der Waals surface area contributed by atoms with Crippen LogP contribution in [-0.4, -0.2) is 30.0 Å². The van der Waals surface area contributed by atoms with Crippen molar-refractivity contribution in [2.75, 3.05) is 23.4 Å². The summed E-state index contributed by atoms with van der Waals surface area (Å²) >= 11 is 1.90. The van der Waals surface area contributed by atoms with Crippen molar-refractivity contribution in [3.8, 4) is 5.75 Å². The molecule has 0 spiro atoms. The second kappa shape index (κ2) is 9.10. The molecule has 26 heavy (non-hydrogen) atoms. The summed E-state index contributed by atoms with van der Waals surface area (Å²) in [5, 5.41) is 6.42. The van der Waals surface area contributed by atoms with Crippen LogP contribution in [0.4, 0.5) is 5.69 Å². The quantitative estimate of drug-likeness (QED) is 0.809. The first-order chi connectivity index (χ1) is 12.6. The maximum Gasteiger partial charge on any atom is 0.225 e. The zero-order chi connectivity index (χ0) is 18.4. The monoisotopic (exact) mass is 370 g/mol. The molecule has 0 bridgehead atoms. The maximum atomic E-state index is 12.3.